The minimum Gasteiger partial charge on any atom is -0.306 e. The van der Waals surface area contributed by atoms with Gasteiger partial charge in [0.05, 0.1) is 11.7 Å². The minimum atomic E-state index is 0.477. The fourth-order valence-electron chi connectivity index (χ4n) is 2.76. The van der Waals surface area contributed by atoms with Crippen molar-refractivity contribution in [1.29, 1.82) is 0 Å². The molecule has 0 saturated carbocycles. The lowest BCUT2D eigenvalue weighted by Gasteiger charge is -2.22. The van der Waals surface area contributed by atoms with Crippen molar-refractivity contribution in [3.63, 3.8) is 0 Å². The molecule has 0 radical (unpaired) electrons. The molecule has 1 heterocycles. The number of rotatable bonds is 5. The van der Waals surface area contributed by atoms with Gasteiger partial charge in [0.25, 0.3) is 0 Å². The van der Waals surface area contributed by atoms with E-state index in [1.165, 1.54) is 36.9 Å². The zero-order chi connectivity index (χ0) is 12.3. The van der Waals surface area contributed by atoms with Gasteiger partial charge in [0.2, 0.25) is 0 Å². The monoisotopic (exact) mass is 232 g/mol. The molecule has 0 saturated heterocycles. The van der Waals surface area contributed by atoms with Crippen LogP contribution in [0, 0.1) is 5.92 Å². The fraction of sp³-hybridized carbons (Fsp3) is 0.667. The van der Waals surface area contributed by atoms with Crippen molar-refractivity contribution < 1.29 is 0 Å². The van der Waals surface area contributed by atoms with Crippen LogP contribution < -0.4 is 5.32 Å². The van der Waals surface area contributed by atoms with E-state index in [1.54, 1.807) is 0 Å². The van der Waals surface area contributed by atoms with Crippen LogP contribution in [0.3, 0.4) is 0 Å². The number of nitrogens with one attached hydrogen (secondary N) is 1. The maximum atomic E-state index is 4.53. The van der Waals surface area contributed by atoms with Crippen molar-refractivity contribution in [1.82, 2.24) is 10.3 Å². The predicted octanol–water partition coefficient (Wildman–Crippen LogP) is 3.48. The third-order valence-corrected chi connectivity index (χ3v) is 3.90. The molecule has 0 amide bonds. The lowest BCUT2D eigenvalue weighted by atomic mass is 9.99. The van der Waals surface area contributed by atoms with Crippen molar-refractivity contribution in [2.45, 2.75) is 58.5 Å². The molecule has 1 aromatic heterocycles. The zero-order valence-electron chi connectivity index (χ0n) is 11.2. The second-order valence-corrected chi connectivity index (χ2v) is 5.46. The number of hydrogen-bond acceptors (Lipinski definition) is 2. The van der Waals surface area contributed by atoms with Gasteiger partial charge in [0.15, 0.2) is 0 Å². The molecule has 1 aromatic rings. The summed E-state index contributed by atoms with van der Waals surface area (Å²) in [5.41, 5.74) is 2.71. The Kier molecular flexibility index (Phi) is 4.16. The van der Waals surface area contributed by atoms with Crippen molar-refractivity contribution in [3.8, 4) is 0 Å². The Hall–Kier alpha value is -0.890. The number of aryl methyl sites for hydroxylation is 1. The Morgan fingerprint density at radius 1 is 1.47 bits per heavy atom. The van der Waals surface area contributed by atoms with Gasteiger partial charge in [-0.3, -0.25) is 4.98 Å². The minimum absolute atomic E-state index is 0.477. The average molecular weight is 232 g/mol. The molecule has 2 nitrogen and oxygen atoms in total. The first-order valence-electron chi connectivity index (χ1n) is 6.90. The molecule has 2 rings (SSSR count). The maximum Gasteiger partial charge on any atom is 0.0605 e. The summed E-state index contributed by atoms with van der Waals surface area (Å²) in [6, 6.07) is 5.32. The van der Waals surface area contributed by atoms with Gasteiger partial charge in [-0.15, -0.1) is 0 Å². The summed E-state index contributed by atoms with van der Waals surface area (Å²) in [6.07, 6.45) is 6.83. The van der Waals surface area contributed by atoms with E-state index in [-0.39, 0.29) is 0 Å². The van der Waals surface area contributed by atoms with E-state index >= 15 is 0 Å². The summed E-state index contributed by atoms with van der Waals surface area (Å²) in [6.45, 7) is 6.90. The molecule has 0 aromatic carbocycles. The van der Waals surface area contributed by atoms with Crippen molar-refractivity contribution >= 4 is 0 Å². The van der Waals surface area contributed by atoms with Crippen LogP contribution in [-0.4, -0.2) is 11.0 Å². The van der Waals surface area contributed by atoms with E-state index in [1.807, 2.05) is 12.3 Å². The number of nitrogens with zero attached hydrogens (tertiary/aromatic N) is 1. The highest BCUT2D eigenvalue weighted by atomic mass is 15.0. The predicted molar refractivity (Wildman–Crippen MR) is 72.0 cm³/mol. The Morgan fingerprint density at radius 2 is 2.29 bits per heavy atom. The van der Waals surface area contributed by atoms with E-state index in [0.29, 0.717) is 12.1 Å². The Bertz CT molecular complexity index is 362. The molecule has 1 N–H and O–H groups in total. The van der Waals surface area contributed by atoms with Crippen molar-refractivity contribution in [2.24, 2.45) is 5.92 Å². The van der Waals surface area contributed by atoms with E-state index < -0.39 is 0 Å². The Balaban J connectivity index is 1.93. The van der Waals surface area contributed by atoms with Crippen LogP contribution in [0.15, 0.2) is 18.3 Å². The van der Waals surface area contributed by atoms with Crippen LogP contribution in [-0.2, 0) is 6.42 Å². The van der Waals surface area contributed by atoms with Gasteiger partial charge >= 0.3 is 0 Å². The molecule has 0 spiro atoms. The lowest BCUT2D eigenvalue weighted by Crippen LogP contribution is -2.31. The van der Waals surface area contributed by atoms with Crippen molar-refractivity contribution in [3.05, 3.63) is 29.6 Å². The summed E-state index contributed by atoms with van der Waals surface area (Å²) in [4.78, 5) is 4.53. The third-order valence-electron chi connectivity index (χ3n) is 3.90. The fourth-order valence-corrected chi connectivity index (χ4v) is 2.76. The first-order chi connectivity index (χ1) is 8.20. The van der Waals surface area contributed by atoms with Crippen LogP contribution in [0.25, 0.3) is 0 Å². The van der Waals surface area contributed by atoms with Crippen LogP contribution in [0.4, 0.5) is 0 Å². The molecule has 1 aliphatic rings. The summed E-state index contributed by atoms with van der Waals surface area (Å²) >= 11 is 0. The van der Waals surface area contributed by atoms with Gasteiger partial charge in [-0.25, -0.2) is 0 Å². The van der Waals surface area contributed by atoms with E-state index in [2.05, 4.69) is 37.1 Å². The number of pyridine rings is 1. The number of fused-ring (bicyclic) bond motifs is 1. The molecule has 17 heavy (non-hydrogen) atoms. The first-order valence-corrected chi connectivity index (χ1v) is 6.90. The highest BCUT2D eigenvalue weighted by molar-refractivity contribution is 5.27. The molecule has 1 aliphatic carbocycles. The maximum absolute atomic E-state index is 4.53. The second kappa shape index (κ2) is 5.63. The molecule has 0 fully saturated rings. The normalized spacial score (nSPS) is 22.2. The molecule has 3 unspecified atom stereocenters. The molecule has 3 atom stereocenters. The molecule has 0 aliphatic heterocycles. The lowest BCUT2D eigenvalue weighted by molar-refractivity contribution is 0.372. The summed E-state index contributed by atoms with van der Waals surface area (Å²) < 4.78 is 0. The Labute approximate surface area is 105 Å². The SMILES string of the molecule is CCC(C)CC(C)NC1CCc2cccnc21. The van der Waals surface area contributed by atoms with Crippen LogP contribution >= 0.6 is 0 Å². The van der Waals surface area contributed by atoms with Gasteiger partial charge in [-0.2, -0.15) is 0 Å². The van der Waals surface area contributed by atoms with Crippen LogP contribution in [0.2, 0.25) is 0 Å². The van der Waals surface area contributed by atoms with Gasteiger partial charge in [0, 0.05) is 12.2 Å². The quantitative estimate of drug-likeness (QED) is 0.840. The standard InChI is InChI=1S/C15H24N2/c1-4-11(2)10-12(3)17-14-8-7-13-6-5-9-16-15(13)14/h5-6,9,11-12,14,17H,4,7-8,10H2,1-3H3. The van der Waals surface area contributed by atoms with Gasteiger partial charge in [-0.05, 0) is 43.7 Å². The summed E-state index contributed by atoms with van der Waals surface area (Å²) in [5.74, 6) is 0.808. The largest absolute Gasteiger partial charge is 0.306 e. The molecule has 94 valence electrons. The highest BCUT2D eigenvalue weighted by Gasteiger charge is 2.24. The number of hydrogen-bond donors (Lipinski definition) is 1. The zero-order valence-corrected chi connectivity index (χ0v) is 11.2. The Morgan fingerprint density at radius 3 is 3.06 bits per heavy atom. The van der Waals surface area contributed by atoms with Gasteiger partial charge in [-0.1, -0.05) is 26.3 Å². The summed E-state index contributed by atoms with van der Waals surface area (Å²) in [5, 5.41) is 3.74. The number of aromatic nitrogens is 1. The van der Waals surface area contributed by atoms with Crippen LogP contribution in [0.1, 0.15) is 57.3 Å². The van der Waals surface area contributed by atoms with Gasteiger partial charge in [0.1, 0.15) is 0 Å². The smallest absolute Gasteiger partial charge is 0.0605 e. The molecule has 0 bridgehead atoms. The highest BCUT2D eigenvalue weighted by Crippen LogP contribution is 2.29. The molecule has 2 heteroatoms. The molecular weight excluding hydrogens is 208 g/mol. The van der Waals surface area contributed by atoms with Gasteiger partial charge < -0.3 is 5.32 Å². The topological polar surface area (TPSA) is 24.9 Å². The average Bonchev–Trinajstić information content (AvgIpc) is 2.72. The van der Waals surface area contributed by atoms with Crippen molar-refractivity contribution in [2.75, 3.05) is 0 Å². The van der Waals surface area contributed by atoms with E-state index in [4.69, 9.17) is 0 Å². The third kappa shape index (κ3) is 3.06. The van der Waals surface area contributed by atoms with E-state index in [0.717, 1.165) is 5.92 Å². The van der Waals surface area contributed by atoms with Crippen LogP contribution in [0.5, 0.6) is 0 Å². The summed E-state index contributed by atoms with van der Waals surface area (Å²) in [7, 11) is 0. The molecular formula is C15H24N2. The second-order valence-electron chi connectivity index (χ2n) is 5.46. The first kappa shape index (κ1) is 12.6. The van der Waals surface area contributed by atoms with E-state index in [9.17, 15) is 0 Å².